The van der Waals surface area contributed by atoms with Crippen molar-refractivity contribution in [3.63, 3.8) is 0 Å². The van der Waals surface area contributed by atoms with E-state index in [0.29, 0.717) is 18.3 Å². The summed E-state index contributed by atoms with van der Waals surface area (Å²) in [5, 5.41) is 3.50. The average Bonchev–Trinajstić information content (AvgIpc) is 2.53. The third-order valence-corrected chi connectivity index (χ3v) is 3.46. The summed E-state index contributed by atoms with van der Waals surface area (Å²) in [4.78, 5) is 4.12. The molecular weight excluding hydrogens is 274 g/mol. The molecule has 2 rings (SSSR count). The molecule has 0 amide bonds. The molecule has 3 N–H and O–H groups in total. The van der Waals surface area contributed by atoms with Crippen molar-refractivity contribution < 1.29 is 4.74 Å². The maximum atomic E-state index is 6.05. The second-order valence-electron chi connectivity index (χ2n) is 5.57. The average molecular weight is 299 g/mol. The van der Waals surface area contributed by atoms with Gasteiger partial charge in [-0.05, 0) is 49.1 Å². The van der Waals surface area contributed by atoms with Gasteiger partial charge in [-0.25, -0.2) is 0 Å². The van der Waals surface area contributed by atoms with E-state index in [-0.39, 0.29) is 0 Å². The SMILES string of the molecule is CCCOc1ccc(CC(C)NCc2cccnc2)cc1N. The van der Waals surface area contributed by atoms with Gasteiger partial charge in [0.05, 0.1) is 12.3 Å². The first-order chi connectivity index (χ1) is 10.7. The van der Waals surface area contributed by atoms with Crippen molar-refractivity contribution in [1.29, 1.82) is 0 Å². The maximum Gasteiger partial charge on any atom is 0.142 e. The first-order valence-electron chi connectivity index (χ1n) is 7.82. The standard InChI is InChI=1S/C18H25N3O/c1-3-9-22-18-7-6-15(11-17(18)19)10-14(2)21-13-16-5-4-8-20-12-16/h4-8,11-12,14,21H,3,9-10,13,19H2,1-2H3. The maximum absolute atomic E-state index is 6.05. The Kier molecular flexibility index (Phi) is 6.22. The number of nitrogens with one attached hydrogen (secondary N) is 1. The van der Waals surface area contributed by atoms with Gasteiger partial charge in [-0.3, -0.25) is 4.98 Å². The highest BCUT2D eigenvalue weighted by molar-refractivity contribution is 5.54. The third kappa shape index (κ3) is 5.04. The topological polar surface area (TPSA) is 60.2 Å². The molecule has 22 heavy (non-hydrogen) atoms. The summed E-state index contributed by atoms with van der Waals surface area (Å²) in [6.07, 6.45) is 5.59. The number of hydrogen-bond acceptors (Lipinski definition) is 4. The lowest BCUT2D eigenvalue weighted by molar-refractivity contribution is 0.319. The van der Waals surface area contributed by atoms with Crippen molar-refractivity contribution >= 4 is 5.69 Å². The van der Waals surface area contributed by atoms with Crippen LogP contribution in [-0.4, -0.2) is 17.6 Å². The second kappa shape index (κ2) is 8.39. The molecule has 0 aliphatic heterocycles. The quantitative estimate of drug-likeness (QED) is 0.735. The Hall–Kier alpha value is -2.07. The molecule has 0 aliphatic carbocycles. The van der Waals surface area contributed by atoms with E-state index >= 15 is 0 Å². The molecule has 0 saturated heterocycles. The van der Waals surface area contributed by atoms with E-state index in [1.807, 2.05) is 24.4 Å². The minimum absolute atomic E-state index is 0.363. The van der Waals surface area contributed by atoms with Crippen LogP contribution in [0.3, 0.4) is 0 Å². The van der Waals surface area contributed by atoms with Gasteiger partial charge >= 0.3 is 0 Å². The van der Waals surface area contributed by atoms with Gasteiger partial charge in [0.1, 0.15) is 5.75 Å². The lowest BCUT2D eigenvalue weighted by Gasteiger charge is -2.15. The molecule has 4 nitrogen and oxygen atoms in total. The Morgan fingerprint density at radius 1 is 1.27 bits per heavy atom. The van der Waals surface area contributed by atoms with Crippen LogP contribution in [0.2, 0.25) is 0 Å². The van der Waals surface area contributed by atoms with Gasteiger partial charge in [0.15, 0.2) is 0 Å². The van der Waals surface area contributed by atoms with Crippen LogP contribution < -0.4 is 15.8 Å². The summed E-state index contributed by atoms with van der Waals surface area (Å²) in [7, 11) is 0. The fraction of sp³-hybridized carbons (Fsp3) is 0.389. The number of hydrogen-bond donors (Lipinski definition) is 2. The van der Waals surface area contributed by atoms with Gasteiger partial charge in [0, 0.05) is 25.0 Å². The second-order valence-corrected chi connectivity index (χ2v) is 5.57. The van der Waals surface area contributed by atoms with Gasteiger partial charge in [-0.2, -0.15) is 0 Å². The first-order valence-corrected chi connectivity index (χ1v) is 7.82. The lowest BCUT2D eigenvalue weighted by atomic mass is 10.1. The number of aromatic nitrogens is 1. The van der Waals surface area contributed by atoms with E-state index in [0.717, 1.165) is 25.1 Å². The number of nitrogen functional groups attached to an aromatic ring is 1. The lowest BCUT2D eigenvalue weighted by Crippen LogP contribution is -2.27. The molecule has 0 saturated carbocycles. The predicted octanol–water partition coefficient (Wildman–Crippen LogP) is 3.17. The van der Waals surface area contributed by atoms with Gasteiger partial charge in [0.2, 0.25) is 0 Å². The molecule has 4 heteroatoms. The Labute approximate surface area is 132 Å². The number of anilines is 1. The van der Waals surface area contributed by atoms with E-state index in [2.05, 4.69) is 36.3 Å². The molecule has 1 heterocycles. The van der Waals surface area contributed by atoms with Gasteiger partial charge in [-0.1, -0.05) is 19.1 Å². The summed E-state index contributed by atoms with van der Waals surface area (Å²) in [6.45, 7) is 5.78. The van der Waals surface area contributed by atoms with E-state index in [1.165, 1.54) is 11.1 Å². The van der Waals surface area contributed by atoms with Gasteiger partial charge in [0.25, 0.3) is 0 Å². The molecule has 1 aromatic heterocycles. The van der Waals surface area contributed by atoms with E-state index in [1.54, 1.807) is 6.20 Å². The van der Waals surface area contributed by atoms with Crippen molar-refractivity contribution in [2.45, 2.75) is 39.3 Å². The molecule has 0 bridgehead atoms. The summed E-state index contributed by atoms with van der Waals surface area (Å²) in [5.74, 6) is 0.779. The third-order valence-electron chi connectivity index (χ3n) is 3.46. The van der Waals surface area contributed by atoms with Crippen molar-refractivity contribution in [3.05, 3.63) is 53.9 Å². The first kappa shape index (κ1) is 16.3. The number of nitrogens with two attached hydrogens (primary N) is 1. The van der Waals surface area contributed by atoms with E-state index < -0.39 is 0 Å². The number of benzene rings is 1. The fourth-order valence-corrected chi connectivity index (χ4v) is 2.29. The molecule has 0 spiro atoms. The Morgan fingerprint density at radius 2 is 2.14 bits per heavy atom. The highest BCUT2D eigenvalue weighted by Gasteiger charge is 2.06. The summed E-state index contributed by atoms with van der Waals surface area (Å²) >= 11 is 0. The molecule has 1 unspecified atom stereocenters. The van der Waals surface area contributed by atoms with Crippen molar-refractivity contribution in [1.82, 2.24) is 10.3 Å². The zero-order valence-electron chi connectivity index (χ0n) is 13.4. The van der Waals surface area contributed by atoms with Crippen LogP contribution in [0.5, 0.6) is 5.75 Å². The summed E-state index contributed by atoms with van der Waals surface area (Å²) in [5.41, 5.74) is 9.17. The molecule has 0 fully saturated rings. The monoisotopic (exact) mass is 299 g/mol. The number of rotatable bonds is 8. The normalized spacial score (nSPS) is 12.1. The predicted molar refractivity (Wildman–Crippen MR) is 90.9 cm³/mol. The van der Waals surface area contributed by atoms with Crippen molar-refractivity contribution in [2.75, 3.05) is 12.3 Å². The molecule has 0 aliphatic rings. The molecule has 2 aromatic rings. The summed E-state index contributed by atoms with van der Waals surface area (Å²) in [6, 6.07) is 10.5. The number of ether oxygens (including phenoxy) is 1. The molecule has 0 radical (unpaired) electrons. The van der Waals surface area contributed by atoms with Crippen LogP contribution >= 0.6 is 0 Å². The Balaban J connectivity index is 1.86. The van der Waals surface area contributed by atoms with Gasteiger partial charge < -0.3 is 15.8 Å². The molecule has 118 valence electrons. The van der Waals surface area contributed by atoms with Crippen LogP contribution in [0.1, 0.15) is 31.4 Å². The molecule has 1 aromatic carbocycles. The largest absolute Gasteiger partial charge is 0.491 e. The zero-order chi connectivity index (χ0) is 15.8. The van der Waals surface area contributed by atoms with E-state index in [9.17, 15) is 0 Å². The van der Waals surface area contributed by atoms with Crippen molar-refractivity contribution in [2.24, 2.45) is 0 Å². The van der Waals surface area contributed by atoms with Crippen LogP contribution in [0.4, 0.5) is 5.69 Å². The zero-order valence-corrected chi connectivity index (χ0v) is 13.4. The van der Waals surface area contributed by atoms with Gasteiger partial charge in [-0.15, -0.1) is 0 Å². The van der Waals surface area contributed by atoms with Crippen LogP contribution in [0, 0.1) is 0 Å². The van der Waals surface area contributed by atoms with Crippen molar-refractivity contribution in [3.8, 4) is 5.75 Å². The highest BCUT2D eigenvalue weighted by Crippen LogP contribution is 2.23. The number of pyridine rings is 1. The Bertz CT molecular complexity index is 572. The fourth-order valence-electron chi connectivity index (χ4n) is 2.29. The number of nitrogens with zero attached hydrogens (tertiary/aromatic N) is 1. The Morgan fingerprint density at radius 3 is 2.82 bits per heavy atom. The smallest absolute Gasteiger partial charge is 0.142 e. The van der Waals surface area contributed by atoms with Crippen LogP contribution in [-0.2, 0) is 13.0 Å². The minimum atomic E-state index is 0.363. The van der Waals surface area contributed by atoms with Crippen LogP contribution in [0.25, 0.3) is 0 Å². The highest BCUT2D eigenvalue weighted by atomic mass is 16.5. The minimum Gasteiger partial charge on any atom is -0.491 e. The van der Waals surface area contributed by atoms with Crippen LogP contribution in [0.15, 0.2) is 42.7 Å². The van der Waals surface area contributed by atoms with E-state index in [4.69, 9.17) is 10.5 Å². The molecular formula is C18H25N3O. The molecule has 1 atom stereocenters. The summed E-state index contributed by atoms with van der Waals surface area (Å²) < 4.78 is 5.60.